The highest BCUT2D eigenvalue weighted by Crippen LogP contribution is 2.32. The smallest absolute Gasteiger partial charge is 0.255 e. The summed E-state index contributed by atoms with van der Waals surface area (Å²) in [5.41, 5.74) is 7.60. The first-order chi connectivity index (χ1) is 21.0. The Kier molecular flexibility index (Phi) is 7.78. The predicted molar refractivity (Wildman–Crippen MR) is 177 cm³/mol. The molecule has 0 radical (unpaired) electrons. The van der Waals surface area contributed by atoms with Crippen molar-refractivity contribution in [2.75, 3.05) is 22.6 Å². The number of carbonyl (C=O) groups excluding carboxylic acids is 2. The van der Waals surface area contributed by atoms with Gasteiger partial charge in [0.2, 0.25) is 0 Å². The molecule has 2 heterocycles. The van der Waals surface area contributed by atoms with Gasteiger partial charge in [0.15, 0.2) is 0 Å². The molecule has 0 bridgehead atoms. The van der Waals surface area contributed by atoms with Crippen LogP contribution in [-0.2, 0) is 0 Å². The lowest BCUT2D eigenvalue weighted by Crippen LogP contribution is -2.14. The van der Waals surface area contributed by atoms with Crippen LogP contribution in [0.2, 0.25) is 0 Å². The van der Waals surface area contributed by atoms with Gasteiger partial charge in [-0.05, 0) is 103 Å². The standard InChI is InChI=1S/C36H33N5O2/c1-3-4-5-6-26-23-30(40-36(43)28-8-15-33-25(22-28)18-20-38-33)11-16-34(26)41(2)31-12-9-29(10-13-31)39-35(42)27-7-14-32-24(21-27)17-19-37-32/h5-23,37-38H,3-4H2,1-2H3,(H,39,42)(H,40,43)/b6-5+. The van der Waals surface area contributed by atoms with Crippen LogP contribution in [0.3, 0.4) is 0 Å². The van der Waals surface area contributed by atoms with Crippen molar-refractivity contribution in [2.24, 2.45) is 0 Å². The van der Waals surface area contributed by atoms with Gasteiger partial charge in [-0.2, -0.15) is 0 Å². The third kappa shape index (κ3) is 6.06. The first kappa shape index (κ1) is 27.6. The van der Waals surface area contributed by atoms with E-state index in [1.807, 2.05) is 110 Å². The highest BCUT2D eigenvalue weighted by Gasteiger charge is 2.13. The number of anilines is 4. The van der Waals surface area contributed by atoms with E-state index < -0.39 is 0 Å². The molecule has 0 spiro atoms. The number of allylic oxidation sites excluding steroid dienone is 1. The number of hydrogen-bond acceptors (Lipinski definition) is 3. The van der Waals surface area contributed by atoms with Crippen LogP contribution in [0.5, 0.6) is 0 Å². The van der Waals surface area contributed by atoms with Gasteiger partial charge in [-0.25, -0.2) is 0 Å². The van der Waals surface area contributed by atoms with Crippen molar-refractivity contribution in [3.05, 3.63) is 126 Å². The quantitative estimate of drug-likeness (QED) is 0.141. The number of rotatable bonds is 9. The first-order valence-corrected chi connectivity index (χ1v) is 14.4. The molecule has 0 aliphatic rings. The summed E-state index contributed by atoms with van der Waals surface area (Å²) < 4.78 is 0. The molecule has 0 fully saturated rings. The van der Waals surface area contributed by atoms with Crippen LogP contribution >= 0.6 is 0 Å². The molecule has 6 aromatic rings. The van der Waals surface area contributed by atoms with Crippen molar-refractivity contribution in [2.45, 2.75) is 19.8 Å². The zero-order valence-corrected chi connectivity index (χ0v) is 24.1. The van der Waals surface area contributed by atoms with Gasteiger partial charge >= 0.3 is 0 Å². The summed E-state index contributed by atoms with van der Waals surface area (Å²) in [4.78, 5) is 34.3. The van der Waals surface area contributed by atoms with Gasteiger partial charge < -0.3 is 25.5 Å². The Morgan fingerprint density at radius 1 is 0.721 bits per heavy atom. The number of aromatic nitrogens is 2. The molecule has 4 N–H and O–H groups in total. The number of H-pyrrole nitrogens is 2. The zero-order valence-electron chi connectivity index (χ0n) is 24.1. The molecule has 0 saturated heterocycles. The van der Waals surface area contributed by atoms with E-state index in [9.17, 15) is 9.59 Å². The number of aromatic amines is 2. The van der Waals surface area contributed by atoms with E-state index in [0.717, 1.165) is 63.0 Å². The van der Waals surface area contributed by atoms with Crippen LogP contribution < -0.4 is 15.5 Å². The highest BCUT2D eigenvalue weighted by atomic mass is 16.2. The highest BCUT2D eigenvalue weighted by molar-refractivity contribution is 6.07. The molecule has 7 nitrogen and oxygen atoms in total. The van der Waals surface area contributed by atoms with Gasteiger partial charge in [0.25, 0.3) is 11.8 Å². The molecule has 0 unspecified atom stereocenters. The molecule has 7 heteroatoms. The minimum absolute atomic E-state index is 0.154. The average Bonchev–Trinajstić information content (AvgIpc) is 3.70. The van der Waals surface area contributed by atoms with Gasteiger partial charge in [0.1, 0.15) is 0 Å². The minimum atomic E-state index is -0.154. The van der Waals surface area contributed by atoms with Crippen LogP contribution in [0.4, 0.5) is 22.7 Å². The molecule has 0 aliphatic heterocycles. The average molecular weight is 568 g/mol. The molecule has 0 atom stereocenters. The van der Waals surface area contributed by atoms with Crippen molar-refractivity contribution in [1.82, 2.24) is 9.97 Å². The zero-order chi connectivity index (χ0) is 29.8. The van der Waals surface area contributed by atoms with E-state index in [4.69, 9.17) is 0 Å². The van der Waals surface area contributed by atoms with Crippen LogP contribution in [0.1, 0.15) is 46.0 Å². The van der Waals surface area contributed by atoms with Crippen molar-refractivity contribution >= 4 is 62.4 Å². The number of benzene rings is 4. The molecular formula is C36H33N5O2. The van der Waals surface area contributed by atoms with Crippen LogP contribution in [0, 0.1) is 0 Å². The Bertz CT molecular complexity index is 1950. The maximum atomic E-state index is 13.1. The lowest BCUT2D eigenvalue weighted by molar-refractivity contribution is 0.101. The van der Waals surface area contributed by atoms with Gasteiger partial charge in [0, 0.05) is 75.1 Å². The normalized spacial score (nSPS) is 11.3. The van der Waals surface area contributed by atoms with Gasteiger partial charge in [-0.15, -0.1) is 0 Å². The Labute approximate surface area is 250 Å². The number of nitrogens with zero attached hydrogens (tertiary/aromatic N) is 1. The second-order valence-electron chi connectivity index (χ2n) is 10.5. The lowest BCUT2D eigenvalue weighted by atomic mass is 10.1. The Hall–Kier alpha value is -5.56. The molecule has 6 rings (SSSR count). The van der Waals surface area contributed by atoms with Crippen LogP contribution in [0.15, 0.2) is 109 Å². The van der Waals surface area contributed by atoms with Gasteiger partial charge in [0.05, 0.1) is 0 Å². The molecule has 0 saturated carbocycles. The number of amides is 2. The minimum Gasteiger partial charge on any atom is -0.361 e. The maximum absolute atomic E-state index is 13.1. The lowest BCUT2D eigenvalue weighted by Gasteiger charge is -2.23. The molecule has 2 amide bonds. The largest absolute Gasteiger partial charge is 0.361 e. The molecule has 0 aliphatic carbocycles. The molecule has 214 valence electrons. The summed E-state index contributed by atoms with van der Waals surface area (Å²) in [7, 11) is 2.01. The van der Waals surface area contributed by atoms with E-state index in [0.29, 0.717) is 11.1 Å². The van der Waals surface area contributed by atoms with E-state index in [1.165, 1.54) is 0 Å². The van der Waals surface area contributed by atoms with E-state index in [1.54, 1.807) is 0 Å². The number of nitrogens with one attached hydrogen (secondary N) is 4. The molecule has 43 heavy (non-hydrogen) atoms. The van der Waals surface area contributed by atoms with Crippen molar-refractivity contribution in [1.29, 1.82) is 0 Å². The Balaban J connectivity index is 1.19. The third-order valence-corrected chi connectivity index (χ3v) is 7.54. The van der Waals surface area contributed by atoms with Crippen LogP contribution in [0.25, 0.3) is 27.9 Å². The Morgan fingerprint density at radius 3 is 1.91 bits per heavy atom. The summed E-state index contributed by atoms with van der Waals surface area (Å²) in [6.45, 7) is 2.15. The van der Waals surface area contributed by atoms with E-state index >= 15 is 0 Å². The Morgan fingerprint density at radius 2 is 1.30 bits per heavy atom. The topological polar surface area (TPSA) is 93.0 Å². The van der Waals surface area contributed by atoms with Gasteiger partial charge in [-0.3, -0.25) is 9.59 Å². The SMILES string of the molecule is CCC/C=C/c1cc(NC(=O)c2ccc3[nH]ccc3c2)ccc1N(C)c1ccc(NC(=O)c2ccc3[nH]ccc3c2)cc1. The summed E-state index contributed by atoms with van der Waals surface area (Å²) in [6.07, 6.45) is 9.99. The number of fused-ring (bicyclic) bond motifs is 2. The fourth-order valence-corrected chi connectivity index (χ4v) is 5.15. The first-order valence-electron chi connectivity index (χ1n) is 14.4. The number of hydrogen-bond donors (Lipinski definition) is 4. The number of carbonyl (C=O) groups is 2. The summed E-state index contributed by atoms with van der Waals surface area (Å²) in [5, 5.41) is 8.04. The van der Waals surface area contributed by atoms with Gasteiger partial charge in [-0.1, -0.05) is 25.5 Å². The molecular weight excluding hydrogens is 534 g/mol. The molecule has 2 aromatic heterocycles. The predicted octanol–water partition coefficient (Wildman–Crippen LogP) is 8.74. The fraction of sp³-hybridized carbons (Fsp3) is 0.111. The summed E-state index contributed by atoms with van der Waals surface area (Å²) in [5.74, 6) is -0.309. The second-order valence-corrected chi connectivity index (χ2v) is 10.5. The maximum Gasteiger partial charge on any atom is 0.255 e. The van der Waals surface area contributed by atoms with Crippen molar-refractivity contribution < 1.29 is 9.59 Å². The van der Waals surface area contributed by atoms with Crippen LogP contribution in [-0.4, -0.2) is 28.8 Å². The summed E-state index contributed by atoms with van der Waals surface area (Å²) in [6, 6.07) is 28.9. The summed E-state index contributed by atoms with van der Waals surface area (Å²) >= 11 is 0. The number of unbranched alkanes of at least 4 members (excludes halogenated alkanes) is 1. The monoisotopic (exact) mass is 567 g/mol. The molecule has 4 aromatic carbocycles. The van der Waals surface area contributed by atoms with E-state index in [2.05, 4.69) is 44.6 Å². The van der Waals surface area contributed by atoms with E-state index in [-0.39, 0.29) is 11.8 Å². The van der Waals surface area contributed by atoms with Crippen molar-refractivity contribution in [3.63, 3.8) is 0 Å². The second kappa shape index (κ2) is 12.1. The fourth-order valence-electron chi connectivity index (χ4n) is 5.15. The third-order valence-electron chi connectivity index (χ3n) is 7.54. The van der Waals surface area contributed by atoms with Crippen molar-refractivity contribution in [3.8, 4) is 0 Å².